The summed E-state index contributed by atoms with van der Waals surface area (Å²) in [5.41, 5.74) is 2.00. The summed E-state index contributed by atoms with van der Waals surface area (Å²) in [6.07, 6.45) is 6.28. The molecule has 0 saturated heterocycles. The van der Waals surface area contributed by atoms with Crippen molar-refractivity contribution in [3.63, 3.8) is 0 Å². The van der Waals surface area contributed by atoms with E-state index in [4.69, 9.17) is 0 Å². The van der Waals surface area contributed by atoms with Gasteiger partial charge in [-0.25, -0.2) is 0 Å². The Balaban J connectivity index is 1.99. The molecule has 2 bridgehead atoms. The molecule has 2 saturated carbocycles. The van der Waals surface area contributed by atoms with Crippen LogP contribution in [0.1, 0.15) is 32.6 Å². The lowest BCUT2D eigenvalue weighted by Gasteiger charge is -2.31. The molecule has 2 heteroatoms. The lowest BCUT2D eigenvalue weighted by molar-refractivity contribution is 0.0429. The normalized spacial score (nSPS) is 47.2. The van der Waals surface area contributed by atoms with Crippen molar-refractivity contribution in [2.75, 3.05) is 0 Å². The van der Waals surface area contributed by atoms with Crippen LogP contribution in [0.25, 0.3) is 0 Å². The van der Waals surface area contributed by atoms with E-state index in [0.717, 1.165) is 25.0 Å². The second-order valence-electron chi connectivity index (χ2n) is 4.84. The minimum atomic E-state index is -0.390. The minimum Gasteiger partial charge on any atom is -0.389 e. The molecule has 2 nitrogen and oxygen atoms in total. The van der Waals surface area contributed by atoms with E-state index in [9.17, 15) is 5.11 Å². The fourth-order valence-corrected chi connectivity index (χ4v) is 3.21. The molecule has 70 valence electrons. The lowest BCUT2D eigenvalue weighted by atomic mass is 9.77. The third-order valence-electron chi connectivity index (χ3n) is 3.77. The number of fused-ring (bicyclic) bond motifs is 4. The summed E-state index contributed by atoms with van der Waals surface area (Å²) in [5, 5.41) is 10.2. The van der Waals surface area contributed by atoms with Crippen molar-refractivity contribution >= 4 is 5.71 Å². The molecule has 2 unspecified atom stereocenters. The maximum atomic E-state index is 10.2. The average molecular weight is 177 g/mol. The number of allylic oxidation sites excluding steroid dienone is 2. The lowest BCUT2D eigenvalue weighted by Crippen LogP contribution is -2.36. The predicted octanol–water partition coefficient (Wildman–Crippen LogP) is 1.90. The summed E-state index contributed by atoms with van der Waals surface area (Å²) < 4.78 is 0. The maximum Gasteiger partial charge on any atom is 0.0703 e. The van der Waals surface area contributed by atoms with Crippen LogP contribution in [0, 0.1) is 11.8 Å². The van der Waals surface area contributed by atoms with Crippen LogP contribution in [-0.4, -0.2) is 16.4 Å². The van der Waals surface area contributed by atoms with Crippen LogP contribution in [-0.2, 0) is 0 Å². The number of aliphatic hydroxyl groups is 1. The molecule has 3 aliphatic rings. The smallest absolute Gasteiger partial charge is 0.0703 e. The Morgan fingerprint density at radius 3 is 3.31 bits per heavy atom. The molecule has 1 aliphatic heterocycles. The van der Waals surface area contributed by atoms with Crippen LogP contribution >= 0.6 is 0 Å². The van der Waals surface area contributed by atoms with E-state index in [1.54, 1.807) is 0 Å². The van der Waals surface area contributed by atoms with Gasteiger partial charge in [0.25, 0.3) is 0 Å². The first-order valence-corrected chi connectivity index (χ1v) is 5.15. The van der Waals surface area contributed by atoms with Crippen LogP contribution in [0.2, 0.25) is 0 Å². The number of hydrogen-bond acceptors (Lipinski definition) is 2. The van der Waals surface area contributed by atoms with E-state index >= 15 is 0 Å². The van der Waals surface area contributed by atoms with E-state index in [2.05, 4.69) is 18.0 Å². The Kier molecular flexibility index (Phi) is 1.33. The Labute approximate surface area is 78.4 Å². The van der Waals surface area contributed by atoms with Gasteiger partial charge in [0, 0.05) is 23.7 Å². The Hall–Kier alpha value is -0.630. The van der Waals surface area contributed by atoms with E-state index in [-0.39, 0.29) is 0 Å². The van der Waals surface area contributed by atoms with Crippen LogP contribution in [0.4, 0.5) is 0 Å². The molecule has 13 heavy (non-hydrogen) atoms. The number of aliphatic imine (C=N–C) groups is 1. The van der Waals surface area contributed by atoms with Gasteiger partial charge < -0.3 is 5.11 Å². The molecule has 0 spiro atoms. The molecule has 2 fully saturated rings. The zero-order valence-electron chi connectivity index (χ0n) is 7.95. The molecule has 3 rings (SSSR count). The van der Waals surface area contributed by atoms with Gasteiger partial charge in [0.05, 0.1) is 5.60 Å². The van der Waals surface area contributed by atoms with Crippen molar-refractivity contribution < 1.29 is 5.11 Å². The van der Waals surface area contributed by atoms with Gasteiger partial charge in [0.1, 0.15) is 0 Å². The first kappa shape index (κ1) is 7.74. The molecule has 0 aromatic rings. The van der Waals surface area contributed by atoms with Gasteiger partial charge in [-0.05, 0) is 32.1 Å². The highest BCUT2D eigenvalue weighted by molar-refractivity contribution is 5.93. The molecule has 1 N–H and O–H groups in total. The predicted molar refractivity (Wildman–Crippen MR) is 51.6 cm³/mol. The molecular formula is C11H15NO. The highest BCUT2D eigenvalue weighted by Gasteiger charge is 2.48. The van der Waals surface area contributed by atoms with Crippen molar-refractivity contribution in [1.29, 1.82) is 0 Å². The number of nitrogens with zero attached hydrogens (tertiary/aromatic N) is 1. The molecule has 3 atom stereocenters. The molecule has 0 aromatic carbocycles. The van der Waals surface area contributed by atoms with Crippen molar-refractivity contribution in [3.8, 4) is 0 Å². The van der Waals surface area contributed by atoms with Crippen molar-refractivity contribution in [3.05, 3.63) is 11.8 Å². The average Bonchev–Trinajstić information content (AvgIpc) is 2.54. The third-order valence-corrected chi connectivity index (χ3v) is 3.77. The van der Waals surface area contributed by atoms with Gasteiger partial charge in [-0.3, -0.25) is 4.99 Å². The molecule has 1 heterocycles. The largest absolute Gasteiger partial charge is 0.389 e. The number of hydrogen-bond donors (Lipinski definition) is 1. The monoisotopic (exact) mass is 177 g/mol. The zero-order valence-corrected chi connectivity index (χ0v) is 7.95. The highest BCUT2D eigenvalue weighted by Crippen LogP contribution is 2.49. The maximum absolute atomic E-state index is 10.2. The summed E-state index contributed by atoms with van der Waals surface area (Å²) in [7, 11) is 0. The Morgan fingerprint density at radius 1 is 1.62 bits per heavy atom. The highest BCUT2D eigenvalue weighted by atomic mass is 16.3. The standard InChI is InChI=1S/C11H15NO/c1-7-4-9-8-2-3-11(13,5-8)6-10(9)12-7/h4,8-9,13H,2-3,5-6H2,1H3/t8?,9-,11?/m0/s1. The van der Waals surface area contributed by atoms with Gasteiger partial charge in [-0.2, -0.15) is 0 Å². The van der Waals surface area contributed by atoms with Gasteiger partial charge in [0.15, 0.2) is 0 Å². The SMILES string of the molecule is CC1=C[C@@H]2C(=N1)CC1(O)CCC2C1. The zero-order chi connectivity index (χ0) is 9.05. The van der Waals surface area contributed by atoms with E-state index in [1.807, 2.05) is 0 Å². The summed E-state index contributed by atoms with van der Waals surface area (Å²) >= 11 is 0. The van der Waals surface area contributed by atoms with Gasteiger partial charge in [-0.15, -0.1) is 0 Å². The van der Waals surface area contributed by atoms with Crippen LogP contribution < -0.4 is 0 Å². The van der Waals surface area contributed by atoms with E-state index in [0.29, 0.717) is 11.8 Å². The quantitative estimate of drug-likeness (QED) is 0.602. The van der Waals surface area contributed by atoms with Crippen molar-refractivity contribution in [1.82, 2.24) is 0 Å². The fourth-order valence-electron chi connectivity index (χ4n) is 3.21. The van der Waals surface area contributed by atoms with E-state index in [1.165, 1.54) is 12.1 Å². The van der Waals surface area contributed by atoms with Crippen molar-refractivity contribution in [2.45, 2.75) is 38.2 Å². The summed E-state index contributed by atoms with van der Waals surface area (Å²) in [6, 6.07) is 0. The minimum absolute atomic E-state index is 0.390. The topological polar surface area (TPSA) is 32.6 Å². The number of rotatable bonds is 0. The summed E-state index contributed by atoms with van der Waals surface area (Å²) in [5.74, 6) is 1.25. The second kappa shape index (κ2) is 2.24. The molecule has 0 amide bonds. The van der Waals surface area contributed by atoms with E-state index < -0.39 is 5.60 Å². The molecule has 0 radical (unpaired) electrons. The summed E-state index contributed by atoms with van der Waals surface area (Å²) in [6.45, 7) is 2.06. The first-order chi connectivity index (χ1) is 6.16. The van der Waals surface area contributed by atoms with Crippen molar-refractivity contribution in [2.24, 2.45) is 16.8 Å². The van der Waals surface area contributed by atoms with Crippen LogP contribution in [0.3, 0.4) is 0 Å². The molecule has 2 aliphatic carbocycles. The third kappa shape index (κ3) is 1.01. The van der Waals surface area contributed by atoms with Gasteiger partial charge >= 0.3 is 0 Å². The van der Waals surface area contributed by atoms with Gasteiger partial charge in [0.2, 0.25) is 0 Å². The Bertz CT molecular complexity index is 318. The second-order valence-corrected chi connectivity index (χ2v) is 4.84. The first-order valence-electron chi connectivity index (χ1n) is 5.15. The van der Waals surface area contributed by atoms with Crippen LogP contribution in [0.5, 0.6) is 0 Å². The fraction of sp³-hybridized carbons (Fsp3) is 0.727. The van der Waals surface area contributed by atoms with Gasteiger partial charge in [-0.1, -0.05) is 6.08 Å². The summed E-state index contributed by atoms with van der Waals surface area (Å²) in [4.78, 5) is 4.51. The Morgan fingerprint density at radius 2 is 2.46 bits per heavy atom. The molecular weight excluding hydrogens is 162 g/mol. The molecule has 0 aromatic heterocycles. The van der Waals surface area contributed by atoms with Crippen LogP contribution in [0.15, 0.2) is 16.8 Å².